The zero-order valence-electron chi connectivity index (χ0n) is 16.9. The van der Waals surface area contributed by atoms with Gasteiger partial charge in [-0.2, -0.15) is 0 Å². The van der Waals surface area contributed by atoms with E-state index in [4.69, 9.17) is 13.9 Å². The molecule has 0 aliphatic carbocycles. The molecule has 0 bridgehead atoms. The third-order valence-corrected chi connectivity index (χ3v) is 5.29. The van der Waals surface area contributed by atoms with Crippen LogP contribution in [0.1, 0.15) is 31.1 Å². The van der Waals surface area contributed by atoms with Crippen LogP contribution in [-0.2, 0) is 16.6 Å². The van der Waals surface area contributed by atoms with Crippen LogP contribution in [0.3, 0.4) is 0 Å². The molecule has 0 saturated carbocycles. The van der Waals surface area contributed by atoms with Gasteiger partial charge in [-0.15, -0.1) is 0 Å². The fourth-order valence-electron chi connectivity index (χ4n) is 3.63. The van der Waals surface area contributed by atoms with Crippen molar-refractivity contribution in [3.8, 4) is 5.75 Å². The van der Waals surface area contributed by atoms with Crippen molar-refractivity contribution in [2.24, 2.45) is 4.99 Å². The highest BCUT2D eigenvalue weighted by molar-refractivity contribution is 5.79. The van der Waals surface area contributed by atoms with Crippen molar-refractivity contribution in [1.29, 1.82) is 0 Å². The van der Waals surface area contributed by atoms with E-state index in [1.165, 1.54) is 5.56 Å². The highest BCUT2D eigenvalue weighted by Gasteiger charge is 2.34. The molecule has 1 fully saturated rings. The van der Waals surface area contributed by atoms with E-state index < -0.39 is 0 Å². The first-order valence-corrected chi connectivity index (χ1v) is 10.0. The maximum absolute atomic E-state index is 5.64. The summed E-state index contributed by atoms with van der Waals surface area (Å²) in [6.45, 7) is 5.82. The van der Waals surface area contributed by atoms with Gasteiger partial charge in [-0.25, -0.2) is 0 Å². The fourth-order valence-corrected chi connectivity index (χ4v) is 3.63. The molecule has 6 nitrogen and oxygen atoms in total. The van der Waals surface area contributed by atoms with Crippen LogP contribution in [0.5, 0.6) is 5.75 Å². The lowest BCUT2D eigenvalue weighted by Gasteiger charge is -2.38. The average Bonchev–Trinajstić information content (AvgIpc) is 3.25. The second-order valence-electron chi connectivity index (χ2n) is 7.03. The molecule has 0 amide bonds. The smallest absolute Gasteiger partial charge is 0.191 e. The van der Waals surface area contributed by atoms with E-state index in [1.807, 2.05) is 19.1 Å². The lowest BCUT2D eigenvalue weighted by Crippen LogP contribution is -2.48. The van der Waals surface area contributed by atoms with Gasteiger partial charge in [0.05, 0.1) is 12.9 Å². The number of guanidine groups is 1. The second-order valence-corrected chi connectivity index (χ2v) is 7.03. The van der Waals surface area contributed by atoms with Crippen LogP contribution in [0.15, 0.2) is 52.1 Å². The first-order valence-electron chi connectivity index (χ1n) is 10.0. The van der Waals surface area contributed by atoms with E-state index in [-0.39, 0.29) is 5.41 Å². The number of hydrogen-bond acceptors (Lipinski definition) is 4. The van der Waals surface area contributed by atoms with Gasteiger partial charge < -0.3 is 24.5 Å². The SMILES string of the molecule is CCOc1ccc(C2(CNC(=NC)NCCc3ccco3)CCOCC2)cc1. The van der Waals surface area contributed by atoms with Gasteiger partial charge in [-0.1, -0.05) is 12.1 Å². The topological polar surface area (TPSA) is 68.0 Å². The van der Waals surface area contributed by atoms with Gasteiger partial charge in [-0.05, 0) is 49.6 Å². The Bertz CT molecular complexity index is 720. The molecule has 28 heavy (non-hydrogen) atoms. The van der Waals surface area contributed by atoms with Gasteiger partial charge in [0.15, 0.2) is 5.96 Å². The van der Waals surface area contributed by atoms with Gasteiger partial charge in [0.25, 0.3) is 0 Å². The van der Waals surface area contributed by atoms with E-state index in [9.17, 15) is 0 Å². The van der Waals surface area contributed by atoms with Crippen LogP contribution >= 0.6 is 0 Å². The minimum absolute atomic E-state index is 0.0294. The van der Waals surface area contributed by atoms with Crippen molar-refractivity contribution in [3.63, 3.8) is 0 Å². The number of rotatable bonds is 8. The molecule has 2 heterocycles. The van der Waals surface area contributed by atoms with Crippen LogP contribution in [-0.4, -0.2) is 45.9 Å². The number of nitrogens with zero attached hydrogens (tertiary/aromatic N) is 1. The highest BCUT2D eigenvalue weighted by Crippen LogP contribution is 2.35. The molecule has 1 aliphatic rings. The van der Waals surface area contributed by atoms with Crippen LogP contribution in [0.25, 0.3) is 0 Å². The predicted molar refractivity (Wildman–Crippen MR) is 111 cm³/mol. The number of nitrogens with one attached hydrogen (secondary N) is 2. The third-order valence-electron chi connectivity index (χ3n) is 5.29. The van der Waals surface area contributed by atoms with Crippen molar-refractivity contribution < 1.29 is 13.9 Å². The van der Waals surface area contributed by atoms with Gasteiger partial charge in [0.1, 0.15) is 11.5 Å². The van der Waals surface area contributed by atoms with Crippen LogP contribution < -0.4 is 15.4 Å². The van der Waals surface area contributed by atoms with E-state index >= 15 is 0 Å². The predicted octanol–water partition coefficient (Wildman–Crippen LogP) is 3.13. The number of ether oxygens (including phenoxy) is 2. The number of furan rings is 1. The Morgan fingerprint density at radius 3 is 2.57 bits per heavy atom. The third kappa shape index (κ3) is 5.29. The molecule has 6 heteroatoms. The summed E-state index contributed by atoms with van der Waals surface area (Å²) in [5, 5.41) is 6.89. The highest BCUT2D eigenvalue weighted by atomic mass is 16.5. The summed E-state index contributed by atoms with van der Waals surface area (Å²) in [4.78, 5) is 4.37. The van der Waals surface area contributed by atoms with Gasteiger partial charge in [0, 0.05) is 45.2 Å². The van der Waals surface area contributed by atoms with E-state index in [0.29, 0.717) is 6.61 Å². The van der Waals surface area contributed by atoms with Crippen LogP contribution in [0.2, 0.25) is 0 Å². The van der Waals surface area contributed by atoms with E-state index in [2.05, 4.69) is 39.9 Å². The van der Waals surface area contributed by atoms with E-state index in [0.717, 1.165) is 63.0 Å². The lowest BCUT2D eigenvalue weighted by atomic mass is 9.74. The summed E-state index contributed by atoms with van der Waals surface area (Å²) in [5.41, 5.74) is 1.35. The maximum atomic E-state index is 5.64. The van der Waals surface area contributed by atoms with Gasteiger partial charge in [0.2, 0.25) is 0 Å². The molecule has 1 aromatic carbocycles. The first-order chi connectivity index (χ1) is 13.8. The van der Waals surface area contributed by atoms with E-state index in [1.54, 1.807) is 13.3 Å². The van der Waals surface area contributed by atoms with Crippen molar-refractivity contribution >= 4 is 5.96 Å². The minimum atomic E-state index is 0.0294. The largest absolute Gasteiger partial charge is 0.494 e. The Hall–Kier alpha value is -2.47. The van der Waals surface area contributed by atoms with Crippen molar-refractivity contribution in [2.75, 3.05) is 40.0 Å². The average molecular weight is 386 g/mol. The normalized spacial score (nSPS) is 16.6. The number of aliphatic imine (C=N–C) groups is 1. The molecule has 0 radical (unpaired) electrons. The molecule has 1 saturated heterocycles. The minimum Gasteiger partial charge on any atom is -0.494 e. The monoisotopic (exact) mass is 385 g/mol. The Balaban J connectivity index is 1.61. The standard InChI is InChI=1S/C22H31N3O3/c1-3-27-20-8-6-18(7-9-20)22(11-15-26-16-12-22)17-25-21(23-2)24-13-10-19-5-4-14-28-19/h4-9,14H,3,10-13,15-17H2,1-2H3,(H2,23,24,25). The molecule has 3 rings (SSSR count). The summed E-state index contributed by atoms with van der Waals surface area (Å²) < 4.78 is 16.6. The summed E-state index contributed by atoms with van der Waals surface area (Å²) in [6.07, 6.45) is 4.49. The quantitative estimate of drug-likeness (QED) is 0.540. The first kappa shape index (κ1) is 20.3. The Kier molecular flexibility index (Phi) is 7.37. The summed E-state index contributed by atoms with van der Waals surface area (Å²) in [5.74, 6) is 2.69. The molecule has 0 atom stereocenters. The van der Waals surface area contributed by atoms with Gasteiger partial charge >= 0.3 is 0 Å². The van der Waals surface area contributed by atoms with Crippen molar-refractivity contribution in [3.05, 3.63) is 54.0 Å². The molecule has 0 spiro atoms. The Labute approximate surface area is 167 Å². The van der Waals surface area contributed by atoms with Crippen molar-refractivity contribution in [1.82, 2.24) is 10.6 Å². The maximum Gasteiger partial charge on any atom is 0.191 e. The number of benzene rings is 1. The molecule has 2 N–H and O–H groups in total. The molecule has 152 valence electrons. The molecule has 1 aromatic heterocycles. The molecule has 1 aliphatic heterocycles. The van der Waals surface area contributed by atoms with Crippen molar-refractivity contribution in [2.45, 2.75) is 31.6 Å². The summed E-state index contributed by atoms with van der Waals surface area (Å²) in [6, 6.07) is 12.4. The number of hydrogen-bond donors (Lipinski definition) is 2. The summed E-state index contributed by atoms with van der Waals surface area (Å²) >= 11 is 0. The molecule has 2 aromatic rings. The molecular formula is C22H31N3O3. The zero-order valence-corrected chi connectivity index (χ0v) is 16.9. The molecular weight excluding hydrogens is 354 g/mol. The van der Waals surface area contributed by atoms with Gasteiger partial charge in [-0.3, -0.25) is 4.99 Å². The van der Waals surface area contributed by atoms with Crippen LogP contribution in [0, 0.1) is 0 Å². The second kappa shape index (κ2) is 10.2. The lowest BCUT2D eigenvalue weighted by molar-refractivity contribution is 0.0513. The Morgan fingerprint density at radius 2 is 1.93 bits per heavy atom. The fraction of sp³-hybridized carbons (Fsp3) is 0.500. The molecule has 0 unspecified atom stereocenters. The Morgan fingerprint density at radius 1 is 1.14 bits per heavy atom. The summed E-state index contributed by atoms with van der Waals surface area (Å²) in [7, 11) is 1.80. The van der Waals surface area contributed by atoms with Crippen LogP contribution in [0.4, 0.5) is 0 Å². The zero-order chi connectivity index (χ0) is 19.7.